The zero-order valence-electron chi connectivity index (χ0n) is 10.3. The average Bonchev–Trinajstić information content (AvgIpc) is 2.40. The van der Waals surface area contributed by atoms with Crippen LogP contribution < -0.4 is 4.74 Å². The van der Waals surface area contributed by atoms with Crippen molar-refractivity contribution in [3.63, 3.8) is 0 Å². The van der Waals surface area contributed by atoms with E-state index in [1.165, 1.54) is 6.07 Å². The normalized spacial score (nSPS) is 11.4. The Morgan fingerprint density at radius 3 is 2.33 bits per heavy atom. The van der Waals surface area contributed by atoms with Gasteiger partial charge in [-0.15, -0.1) is 0 Å². The van der Waals surface area contributed by atoms with Gasteiger partial charge < -0.3 is 4.74 Å². The van der Waals surface area contributed by atoms with Crippen LogP contribution in [0.3, 0.4) is 0 Å². The number of hydrogen-bond acceptors (Lipinski definition) is 3. The van der Waals surface area contributed by atoms with Crippen LogP contribution in [0, 0.1) is 5.82 Å². The molecule has 0 saturated heterocycles. The van der Waals surface area contributed by atoms with Gasteiger partial charge in [0.2, 0.25) is 0 Å². The lowest BCUT2D eigenvalue weighted by atomic mass is 10.2. The van der Waals surface area contributed by atoms with Gasteiger partial charge in [-0.1, -0.05) is 29.3 Å². The lowest BCUT2D eigenvalue weighted by molar-refractivity contribution is 0.290. The molecule has 2 rings (SSSR count). The number of benzene rings is 2. The topological polar surface area (TPSA) is 43.4 Å². The molecule has 2 aromatic carbocycles. The van der Waals surface area contributed by atoms with E-state index in [9.17, 15) is 12.8 Å². The van der Waals surface area contributed by atoms with Gasteiger partial charge in [0, 0.05) is 10.7 Å². The summed E-state index contributed by atoms with van der Waals surface area (Å²) in [6.07, 6.45) is 0. The van der Waals surface area contributed by atoms with Gasteiger partial charge in [-0.25, -0.2) is 12.8 Å². The fourth-order valence-corrected chi connectivity index (χ4v) is 2.62. The molecule has 0 radical (unpaired) electrons. The van der Waals surface area contributed by atoms with E-state index in [1.54, 1.807) is 18.2 Å². The summed E-state index contributed by atoms with van der Waals surface area (Å²) in [6, 6.07) is 8.04. The van der Waals surface area contributed by atoms with Gasteiger partial charge in [0.1, 0.15) is 6.61 Å². The van der Waals surface area contributed by atoms with E-state index >= 15 is 0 Å². The average molecular weight is 370 g/mol. The predicted molar refractivity (Wildman–Crippen MR) is 80.2 cm³/mol. The van der Waals surface area contributed by atoms with E-state index in [-0.39, 0.29) is 17.3 Å². The summed E-state index contributed by atoms with van der Waals surface area (Å²) >= 11 is 11.6. The fraction of sp³-hybridized carbons (Fsp3) is 0.0769. The third-order valence-electron chi connectivity index (χ3n) is 2.56. The SMILES string of the molecule is O=S(=O)(Cl)c1ccc(OCc2ccc(Cl)c(Cl)c2)c(F)c1. The van der Waals surface area contributed by atoms with Crippen molar-refractivity contribution in [2.45, 2.75) is 11.5 Å². The van der Waals surface area contributed by atoms with E-state index in [1.807, 2.05) is 0 Å². The van der Waals surface area contributed by atoms with Gasteiger partial charge >= 0.3 is 0 Å². The minimum absolute atomic E-state index is 0.0563. The van der Waals surface area contributed by atoms with Crippen molar-refractivity contribution in [3.05, 3.63) is 57.8 Å². The number of hydrogen-bond donors (Lipinski definition) is 0. The summed E-state index contributed by atoms with van der Waals surface area (Å²) < 4.78 is 41.2. The maximum absolute atomic E-state index is 13.7. The maximum Gasteiger partial charge on any atom is 0.261 e. The molecule has 8 heteroatoms. The van der Waals surface area contributed by atoms with Gasteiger partial charge in [0.15, 0.2) is 11.6 Å². The Morgan fingerprint density at radius 1 is 1.05 bits per heavy atom. The second kappa shape index (κ2) is 6.40. The standard InChI is InChI=1S/C13H8Cl3FO3S/c14-10-3-1-8(5-11(10)15)7-20-13-4-2-9(6-12(13)17)21(16,18)19/h1-6H,7H2. The van der Waals surface area contributed by atoms with Crippen LogP contribution in [0.2, 0.25) is 10.0 Å². The Bertz CT molecular complexity index is 778. The van der Waals surface area contributed by atoms with E-state index in [0.717, 1.165) is 12.1 Å². The lowest BCUT2D eigenvalue weighted by Crippen LogP contribution is -1.99. The molecule has 3 nitrogen and oxygen atoms in total. The van der Waals surface area contributed by atoms with Crippen LogP contribution >= 0.6 is 33.9 Å². The monoisotopic (exact) mass is 368 g/mol. The third-order valence-corrected chi connectivity index (χ3v) is 4.65. The van der Waals surface area contributed by atoms with Crippen molar-refractivity contribution in [1.82, 2.24) is 0 Å². The highest BCUT2D eigenvalue weighted by Gasteiger charge is 2.14. The van der Waals surface area contributed by atoms with Gasteiger partial charge in [0.05, 0.1) is 14.9 Å². The third kappa shape index (κ3) is 4.23. The smallest absolute Gasteiger partial charge is 0.261 e. The Morgan fingerprint density at radius 2 is 1.76 bits per heavy atom. The molecule has 0 aliphatic carbocycles. The molecule has 0 aromatic heterocycles. The van der Waals surface area contributed by atoms with Crippen LogP contribution in [0.25, 0.3) is 0 Å². The highest BCUT2D eigenvalue weighted by Crippen LogP contribution is 2.26. The molecule has 21 heavy (non-hydrogen) atoms. The van der Waals surface area contributed by atoms with E-state index < -0.39 is 14.9 Å². The van der Waals surface area contributed by atoms with Crippen LogP contribution in [0.5, 0.6) is 5.75 Å². The summed E-state index contributed by atoms with van der Waals surface area (Å²) in [5.41, 5.74) is 0.692. The molecular weight excluding hydrogens is 362 g/mol. The molecular formula is C13H8Cl3FO3S. The molecule has 0 atom stereocenters. The second-order valence-electron chi connectivity index (χ2n) is 4.07. The molecule has 0 N–H and O–H groups in total. The van der Waals surface area contributed by atoms with Crippen LogP contribution in [-0.2, 0) is 15.7 Å². The minimum atomic E-state index is -3.98. The molecule has 0 bridgehead atoms. The van der Waals surface area contributed by atoms with Crippen molar-refractivity contribution in [2.75, 3.05) is 0 Å². The molecule has 0 unspecified atom stereocenters. The van der Waals surface area contributed by atoms with E-state index in [4.69, 9.17) is 38.6 Å². The first-order valence-corrected chi connectivity index (χ1v) is 8.65. The molecule has 0 heterocycles. The minimum Gasteiger partial charge on any atom is -0.486 e. The van der Waals surface area contributed by atoms with Gasteiger partial charge in [-0.05, 0) is 35.9 Å². The number of halogens is 4. The van der Waals surface area contributed by atoms with E-state index in [0.29, 0.717) is 15.6 Å². The van der Waals surface area contributed by atoms with Crippen molar-refractivity contribution in [2.24, 2.45) is 0 Å². The van der Waals surface area contributed by atoms with Crippen LogP contribution in [0.15, 0.2) is 41.3 Å². The molecule has 0 amide bonds. The van der Waals surface area contributed by atoms with Crippen LogP contribution in [0.1, 0.15) is 5.56 Å². The summed E-state index contributed by atoms with van der Waals surface area (Å²) in [4.78, 5) is -0.330. The van der Waals surface area contributed by atoms with Crippen LogP contribution in [0.4, 0.5) is 4.39 Å². The van der Waals surface area contributed by atoms with Crippen molar-refractivity contribution >= 4 is 42.9 Å². The van der Waals surface area contributed by atoms with Gasteiger partial charge in [-0.2, -0.15) is 0 Å². The largest absolute Gasteiger partial charge is 0.486 e. The van der Waals surface area contributed by atoms with E-state index in [2.05, 4.69) is 0 Å². The zero-order valence-corrected chi connectivity index (χ0v) is 13.4. The maximum atomic E-state index is 13.7. The first-order chi connectivity index (χ1) is 9.77. The Balaban J connectivity index is 2.15. The fourth-order valence-electron chi connectivity index (χ4n) is 1.54. The lowest BCUT2D eigenvalue weighted by Gasteiger charge is -2.08. The van der Waals surface area contributed by atoms with Gasteiger partial charge in [0.25, 0.3) is 9.05 Å². The molecule has 0 spiro atoms. The summed E-state index contributed by atoms with van der Waals surface area (Å²) in [5, 5.41) is 0.769. The van der Waals surface area contributed by atoms with Crippen LogP contribution in [-0.4, -0.2) is 8.42 Å². The Hall–Kier alpha value is -1.01. The first kappa shape index (κ1) is 16.4. The Kier molecular flexibility index (Phi) is 4.99. The summed E-state index contributed by atoms with van der Waals surface area (Å²) in [5.74, 6) is -0.915. The van der Waals surface area contributed by atoms with Gasteiger partial charge in [-0.3, -0.25) is 0 Å². The Labute approximate surface area is 135 Å². The van der Waals surface area contributed by atoms with Crippen molar-refractivity contribution in [1.29, 1.82) is 0 Å². The quantitative estimate of drug-likeness (QED) is 0.737. The second-order valence-corrected chi connectivity index (χ2v) is 7.45. The number of rotatable bonds is 4. The first-order valence-electron chi connectivity index (χ1n) is 5.58. The highest BCUT2D eigenvalue weighted by molar-refractivity contribution is 8.13. The molecule has 0 aliphatic rings. The predicted octanol–water partition coefficient (Wildman–Crippen LogP) is 4.64. The molecule has 0 saturated carbocycles. The highest BCUT2D eigenvalue weighted by atomic mass is 35.7. The molecule has 0 fully saturated rings. The summed E-state index contributed by atoms with van der Waals surface area (Å²) in [7, 11) is 1.15. The van der Waals surface area contributed by atoms with Crippen molar-refractivity contribution < 1.29 is 17.5 Å². The zero-order chi connectivity index (χ0) is 15.6. The molecule has 2 aromatic rings. The molecule has 0 aliphatic heterocycles. The summed E-state index contributed by atoms with van der Waals surface area (Å²) in [6.45, 7) is 0.0563. The van der Waals surface area contributed by atoms with Crippen molar-refractivity contribution in [3.8, 4) is 5.75 Å². The number of ether oxygens (including phenoxy) is 1. The molecule has 112 valence electrons.